The second-order valence-corrected chi connectivity index (χ2v) is 4.34. The molecule has 0 saturated heterocycles. The van der Waals surface area contributed by atoms with E-state index in [1.54, 1.807) is 19.1 Å². The third kappa shape index (κ3) is 1.52. The zero-order valence-corrected chi connectivity index (χ0v) is 10.1. The van der Waals surface area contributed by atoms with Crippen molar-refractivity contribution in [2.24, 2.45) is 0 Å². The quantitative estimate of drug-likeness (QED) is 0.688. The summed E-state index contributed by atoms with van der Waals surface area (Å²) in [6.07, 6.45) is 2.26. The molecular formula is C14H10N2O3. The number of carbonyl (C=O) groups is 2. The van der Waals surface area contributed by atoms with Gasteiger partial charge >= 0.3 is 5.97 Å². The van der Waals surface area contributed by atoms with Crippen molar-refractivity contribution >= 4 is 34.1 Å². The van der Waals surface area contributed by atoms with E-state index < -0.39 is 5.97 Å². The van der Waals surface area contributed by atoms with Crippen LogP contribution in [-0.4, -0.2) is 27.3 Å². The van der Waals surface area contributed by atoms with Crippen molar-refractivity contribution in [2.45, 2.75) is 6.92 Å². The molecule has 0 aliphatic rings. The highest BCUT2D eigenvalue weighted by atomic mass is 16.4. The molecule has 2 N–H and O–H groups in total. The van der Waals surface area contributed by atoms with Gasteiger partial charge in [0.25, 0.3) is 0 Å². The monoisotopic (exact) mass is 254 g/mol. The first-order valence-electron chi connectivity index (χ1n) is 5.72. The highest BCUT2D eigenvalue weighted by Crippen LogP contribution is 2.30. The number of aldehydes is 1. The molecule has 0 bridgehead atoms. The summed E-state index contributed by atoms with van der Waals surface area (Å²) in [5.74, 6) is -1.07. The fraction of sp³-hybridized carbons (Fsp3) is 0.0714. The first kappa shape index (κ1) is 11.4. The number of aromatic nitrogens is 2. The molecule has 0 aliphatic heterocycles. The number of aromatic carboxylic acids is 1. The van der Waals surface area contributed by atoms with E-state index >= 15 is 0 Å². The van der Waals surface area contributed by atoms with Gasteiger partial charge in [-0.1, -0.05) is 12.1 Å². The van der Waals surface area contributed by atoms with Crippen LogP contribution in [-0.2, 0) is 0 Å². The summed E-state index contributed by atoms with van der Waals surface area (Å²) in [7, 11) is 0. The Labute approximate surface area is 107 Å². The Morgan fingerprint density at radius 2 is 2.11 bits per heavy atom. The van der Waals surface area contributed by atoms with Gasteiger partial charge in [0, 0.05) is 21.9 Å². The van der Waals surface area contributed by atoms with Crippen LogP contribution in [0.25, 0.3) is 21.8 Å². The van der Waals surface area contributed by atoms with E-state index in [9.17, 15) is 9.59 Å². The summed E-state index contributed by atoms with van der Waals surface area (Å²) in [4.78, 5) is 29.4. The van der Waals surface area contributed by atoms with E-state index in [1.807, 2.05) is 6.07 Å². The predicted octanol–water partition coefficient (Wildman–Crippen LogP) is 2.54. The van der Waals surface area contributed by atoms with Crippen LogP contribution in [0.1, 0.15) is 26.4 Å². The summed E-state index contributed by atoms with van der Waals surface area (Å²) >= 11 is 0. The van der Waals surface area contributed by atoms with Gasteiger partial charge in [-0.3, -0.25) is 4.79 Å². The average Bonchev–Trinajstić information content (AvgIpc) is 2.77. The molecule has 1 aromatic carbocycles. The molecule has 3 rings (SSSR count). The number of carboxylic acid groups (broad SMARTS) is 1. The molecule has 5 heteroatoms. The van der Waals surface area contributed by atoms with E-state index in [0.29, 0.717) is 11.1 Å². The second kappa shape index (κ2) is 3.91. The predicted molar refractivity (Wildman–Crippen MR) is 70.7 cm³/mol. The molecule has 0 unspecified atom stereocenters. The van der Waals surface area contributed by atoms with Gasteiger partial charge in [0.05, 0.1) is 11.7 Å². The van der Waals surface area contributed by atoms with Crippen LogP contribution >= 0.6 is 0 Å². The first-order chi connectivity index (χ1) is 9.13. The van der Waals surface area contributed by atoms with Crippen LogP contribution in [0.5, 0.6) is 0 Å². The van der Waals surface area contributed by atoms with Gasteiger partial charge in [-0.2, -0.15) is 0 Å². The highest BCUT2D eigenvalue weighted by molar-refractivity contribution is 6.16. The molecule has 0 amide bonds. The lowest BCUT2D eigenvalue weighted by Crippen LogP contribution is -2.03. The molecule has 2 aromatic heterocycles. The number of benzene rings is 1. The third-order valence-electron chi connectivity index (χ3n) is 3.27. The number of H-pyrrole nitrogens is 1. The fourth-order valence-corrected chi connectivity index (χ4v) is 2.44. The van der Waals surface area contributed by atoms with Crippen LogP contribution in [0.3, 0.4) is 0 Å². The summed E-state index contributed by atoms with van der Waals surface area (Å²) < 4.78 is 0. The van der Waals surface area contributed by atoms with Crippen molar-refractivity contribution in [1.82, 2.24) is 9.97 Å². The van der Waals surface area contributed by atoms with Gasteiger partial charge < -0.3 is 10.1 Å². The first-order valence-corrected chi connectivity index (χ1v) is 5.72. The maximum absolute atomic E-state index is 11.1. The molecule has 0 atom stereocenters. The van der Waals surface area contributed by atoms with Crippen molar-refractivity contribution in [3.05, 3.63) is 41.2 Å². The molecule has 3 aromatic rings. The number of aromatic amines is 1. The molecule has 2 heterocycles. The van der Waals surface area contributed by atoms with E-state index in [1.165, 1.54) is 6.20 Å². The van der Waals surface area contributed by atoms with Crippen molar-refractivity contribution in [3.8, 4) is 0 Å². The number of hydrogen-bond donors (Lipinski definition) is 2. The molecule has 0 saturated carbocycles. The molecule has 0 fully saturated rings. The lowest BCUT2D eigenvalue weighted by molar-refractivity contribution is 0.0690. The molecule has 94 valence electrons. The Kier molecular flexibility index (Phi) is 2.35. The smallest absolute Gasteiger partial charge is 0.354 e. The number of aryl methyl sites for hydroxylation is 1. The maximum Gasteiger partial charge on any atom is 0.354 e. The minimum absolute atomic E-state index is 0.00843. The Bertz CT molecular complexity index is 833. The zero-order valence-electron chi connectivity index (χ0n) is 10.1. The SMILES string of the molecule is Cc1c(C(=O)O)ncc2[nH]c3cccc(C=O)c3c12. The number of pyridine rings is 1. The van der Waals surface area contributed by atoms with Gasteiger partial charge in [0.2, 0.25) is 0 Å². The Balaban J connectivity index is 2.57. The molecule has 0 spiro atoms. The number of carboxylic acids is 1. The number of fused-ring (bicyclic) bond motifs is 3. The van der Waals surface area contributed by atoms with Crippen LogP contribution in [0, 0.1) is 6.92 Å². The van der Waals surface area contributed by atoms with Crippen LogP contribution in [0.4, 0.5) is 0 Å². The maximum atomic E-state index is 11.1. The largest absolute Gasteiger partial charge is 0.477 e. The van der Waals surface area contributed by atoms with Gasteiger partial charge in [0.15, 0.2) is 12.0 Å². The van der Waals surface area contributed by atoms with Crippen molar-refractivity contribution in [3.63, 3.8) is 0 Å². The lowest BCUT2D eigenvalue weighted by atomic mass is 10.0. The van der Waals surface area contributed by atoms with Gasteiger partial charge in [-0.25, -0.2) is 9.78 Å². The fourth-order valence-electron chi connectivity index (χ4n) is 2.44. The van der Waals surface area contributed by atoms with Crippen LogP contribution in [0.2, 0.25) is 0 Å². The van der Waals surface area contributed by atoms with Crippen molar-refractivity contribution in [2.75, 3.05) is 0 Å². The molecule has 0 radical (unpaired) electrons. The Morgan fingerprint density at radius 3 is 2.79 bits per heavy atom. The number of nitrogens with one attached hydrogen (secondary N) is 1. The molecular weight excluding hydrogens is 244 g/mol. The molecule has 19 heavy (non-hydrogen) atoms. The summed E-state index contributed by atoms with van der Waals surface area (Å²) in [6, 6.07) is 5.34. The summed E-state index contributed by atoms with van der Waals surface area (Å²) in [5.41, 5.74) is 2.63. The third-order valence-corrected chi connectivity index (χ3v) is 3.27. The van der Waals surface area contributed by atoms with Crippen LogP contribution in [0.15, 0.2) is 24.4 Å². The number of hydrogen-bond acceptors (Lipinski definition) is 3. The van der Waals surface area contributed by atoms with E-state index in [-0.39, 0.29) is 5.69 Å². The summed E-state index contributed by atoms with van der Waals surface area (Å²) in [5, 5.41) is 10.6. The van der Waals surface area contributed by atoms with Gasteiger partial charge in [0.1, 0.15) is 0 Å². The summed E-state index contributed by atoms with van der Waals surface area (Å²) in [6.45, 7) is 1.70. The molecule has 0 aliphatic carbocycles. The number of rotatable bonds is 2. The van der Waals surface area contributed by atoms with Gasteiger partial charge in [-0.05, 0) is 18.6 Å². The van der Waals surface area contributed by atoms with Crippen LogP contribution < -0.4 is 0 Å². The van der Waals surface area contributed by atoms with Crippen molar-refractivity contribution in [1.29, 1.82) is 0 Å². The number of carbonyl (C=O) groups excluding carboxylic acids is 1. The van der Waals surface area contributed by atoms with E-state index in [2.05, 4.69) is 9.97 Å². The normalized spacial score (nSPS) is 11.0. The minimum atomic E-state index is -1.07. The zero-order chi connectivity index (χ0) is 13.6. The highest BCUT2D eigenvalue weighted by Gasteiger charge is 2.16. The van der Waals surface area contributed by atoms with Gasteiger partial charge in [-0.15, -0.1) is 0 Å². The number of nitrogens with zero attached hydrogens (tertiary/aromatic N) is 1. The van der Waals surface area contributed by atoms with Crippen molar-refractivity contribution < 1.29 is 14.7 Å². The topological polar surface area (TPSA) is 83.0 Å². The minimum Gasteiger partial charge on any atom is -0.477 e. The van der Waals surface area contributed by atoms with E-state index in [4.69, 9.17) is 5.11 Å². The lowest BCUT2D eigenvalue weighted by Gasteiger charge is -2.02. The second-order valence-electron chi connectivity index (χ2n) is 4.34. The van der Waals surface area contributed by atoms with E-state index in [0.717, 1.165) is 28.1 Å². The Morgan fingerprint density at radius 1 is 1.32 bits per heavy atom. The molecule has 5 nitrogen and oxygen atoms in total. The Hall–Kier alpha value is -2.69. The standard InChI is InChI=1S/C14H10N2O3/c1-7-11-10(5-15-13(7)14(18)19)16-9-4-2-3-8(6-17)12(9)11/h2-6,16H,1H3,(H,18,19). The average molecular weight is 254 g/mol.